The molecule has 9 heteroatoms. The van der Waals surface area contributed by atoms with Crippen molar-refractivity contribution >= 4 is 28.9 Å². The molecule has 3 rings (SSSR count). The van der Waals surface area contributed by atoms with E-state index in [1.165, 1.54) is 18.2 Å². The number of carbonyl (C=O) groups is 2. The zero-order valence-corrected chi connectivity index (χ0v) is 15.8. The Kier molecular flexibility index (Phi) is 6.23. The summed E-state index contributed by atoms with van der Waals surface area (Å²) in [4.78, 5) is 39.2. The number of non-ortho nitro benzene ring substituents is 1. The average Bonchev–Trinajstić information content (AvgIpc) is 2.77. The van der Waals surface area contributed by atoms with Crippen molar-refractivity contribution in [1.29, 1.82) is 0 Å². The summed E-state index contributed by atoms with van der Waals surface area (Å²) in [6.07, 6.45) is 0. The van der Waals surface area contributed by atoms with E-state index in [-0.39, 0.29) is 11.3 Å². The van der Waals surface area contributed by atoms with Crippen molar-refractivity contribution in [1.82, 2.24) is 0 Å². The Morgan fingerprint density at radius 3 is 2.33 bits per heavy atom. The van der Waals surface area contributed by atoms with E-state index in [9.17, 15) is 19.7 Å². The minimum Gasteiger partial charge on any atom is -0.338 e. The van der Waals surface area contributed by atoms with Crippen molar-refractivity contribution in [3.05, 3.63) is 99.6 Å². The van der Waals surface area contributed by atoms with Gasteiger partial charge in [0.05, 0.1) is 27.4 Å². The summed E-state index contributed by atoms with van der Waals surface area (Å²) in [5, 5.41) is 18.2. The maximum atomic E-state index is 12.0. The Bertz CT molecular complexity index is 1110. The van der Waals surface area contributed by atoms with E-state index in [1.54, 1.807) is 36.4 Å². The van der Waals surface area contributed by atoms with E-state index in [2.05, 4.69) is 15.7 Å². The Morgan fingerprint density at radius 2 is 1.67 bits per heavy atom. The lowest BCUT2D eigenvalue weighted by molar-refractivity contribution is -0.384. The van der Waals surface area contributed by atoms with Crippen molar-refractivity contribution < 1.29 is 19.3 Å². The highest BCUT2D eigenvalue weighted by molar-refractivity contribution is 5.95. The van der Waals surface area contributed by atoms with E-state index >= 15 is 0 Å². The standard InChI is InChI=1S/C21H16N4O5/c1-14-5-7-15(8-6-14)21(27)30-24-18-11-9-17(10-12-18)22-23-20(26)16-3-2-4-19(13-16)25(28)29/h2-13,24H,1H3. The van der Waals surface area contributed by atoms with Crippen LogP contribution in [0.15, 0.2) is 83.0 Å². The van der Waals surface area contributed by atoms with Gasteiger partial charge in [-0.3, -0.25) is 14.9 Å². The van der Waals surface area contributed by atoms with Crippen LogP contribution in [0.1, 0.15) is 26.3 Å². The van der Waals surface area contributed by atoms with Gasteiger partial charge in [-0.05, 0) is 49.4 Å². The first kappa shape index (κ1) is 20.3. The monoisotopic (exact) mass is 404 g/mol. The van der Waals surface area contributed by atoms with E-state index in [0.717, 1.165) is 11.6 Å². The lowest BCUT2D eigenvalue weighted by atomic mass is 10.2. The molecule has 1 amide bonds. The third kappa shape index (κ3) is 5.32. The molecule has 0 bridgehead atoms. The molecule has 9 nitrogen and oxygen atoms in total. The number of aryl methyl sites for hydroxylation is 1. The molecular formula is C21H16N4O5. The van der Waals surface area contributed by atoms with Crippen LogP contribution in [0.2, 0.25) is 0 Å². The fourth-order valence-corrected chi connectivity index (χ4v) is 2.36. The molecule has 0 aromatic heterocycles. The molecular weight excluding hydrogens is 388 g/mol. The maximum Gasteiger partial charge on any atom is 0.362 e. The Morgan fingerprint density at radius 1 is 0.967 bits per heavy atom. The van der Waals surface area contributed by atoms with Crippen LogP contribution in [-0.2, 0) is 4.84 Å². The summed E-state index contributed by atoms with van der Waals surface area (Å²) in [5.41, 5.74) is 4.73. The average molecular weight is 404 g/mol. The normalized spacial score (nSPS) is 10.6. The minimum atomic E-state index is -0.701. The Balaban J connectivity index is 1.58. The summed E-state index contributed by atoms with van der Waals surface area (Å²) in [5.74, 6) is -1.23. The number of anilines is 1. The van der Waals surface area contributed by atoms with Crippen LogP contribution in [-0.4, -0.2) is 16.8 Å². The van der Waals surface area contributed by atoms with Crippen LogP contribution < -0.4 is 5.48 Å². The number of nitrogens with zero attached hydrogens (tertiary/aromatic N) is 3. The highest BCUT2D eigenvalue weighted by Crippen LogP contribution is 2.19. The number of rotatable bonds is 6. The SMILES string of the molecule is Cc1ccc(C(=O)ONc2ccc(N=NC(=O)c3cccc([N+](=O)[O-])c3)cc2)cc1. The maximum absolute atomic E-state index is 12.0. The van der Waals surface area contributed by atoms with Gasteiger partial charge < -0.3 is 4.84 Å². The minimum absolute atomic E-state index is 0.0641. The van der Waals surface area contributed by atoms with Crippen LogP contribution in [0.3, 0.4) is 0 Å². The van der Waals surface area contributed by atoms with Gasteiger partial charge in [-0.15, -0.1) is 10.2 Å². The van der Waals surface area contributed by atoms with Gasteiger partial charge in [0.1, 0.15) is 0 Å². The van der Waals surface area contributed by atoms with Gasteiger partial charge in [0.2, 0.25) is 0 Å². The molecule has 0 atom stereocenters. The van der Waals surface area contributed by atoms with Crippen LogP contribution in [0, 0.1) is 17.0 Å². The molecule has 0 aliphatic carbocycles. The van der Waals surface area contributed by atoms with E-state index in [4.69, 9.17) is 4.84 Å². The van der Waals surface area contributed by atoms with Crippen LogP contribution >= 0.6 is 0 Å². The number of nitro groups is 1. The first-order chi connectivity index (χ1) is 14.4. The first-order valence-electron chi connectivity index (χ1n) is 8.77. The zero-order valence-electron chi connectivity index (χ0n) is 15.8. The molecule has 0 fully saturated rings. The van der Waals surface area contributed by atoms with E-state index in [0.29, 0.717) is 16.9 Å². The quantitative estimate of drug-likeness (QED) is 0.350. The van der Waals surface area contributed by atoms with Gasteiger partial charge >= 0.3 is 5.97 Å². The van der Waals surface area contributed by atoms with Crippen LogP contribution in [0.4, 0.5) is 17.1 Å². The number of hydrogen-bond acceptors (Lipinski definition) is 7. The number of azo groups is 1. The predicted molar refractivity (Wildman–Crippen MR) is 109 cm³/mol. The number of carbonyl (C=O) groups excluding carboxylic acids is 2. The van der Waals surface area contributed by atoms with Gasteiger partial charge in [0, 0.05) is 12.1 Å². The molecule has 0 heterocycles. The molecule has 0 aliphatic heterocycles. The second-order valence-corrected chi connectivity index (χ2v) is 6.22. The number of amides is 1. The lowest BCUT2D eigenvalue weighted by Crippen LogP contribution is -2.10. The fraction of sp³-hybridized carbons (Fsp3) is 0.0476. The lowest BCUT2D eigenvalue weighted by Gasteiger charge is -2.07. The second-order valence-electron chi connectivity index (χ2n) is 6.22. The summed E-state index contributed by atoms with van der Waals surface area (Å²) in [6, 6.07) is 18.5. The largest absolute Gasteiger partial charge is 0.362 e. The molecule has 3 aromatic rings. The van der Waals surface area contributed by atoms with Gasteiger partial charge in [-0.1, -0.05) is 23.8 Å². The van der Waals surface area contributed by atoms with Gasteiger partial charge in [-0.2, -0.15) is 0 Å². The smallest absolute Gasteiger partial charge is 0.338 e. The van der Waals surface area contributed by atoms with Crippen molar-refractivity contribution in [3.63, 3.8) is 0 Å². The summed E-state index contributed by atoms with van der Waals surface area (Å²) < 4.78 is 0. The molecule has 0 saturated carbocycles. The third-order valence-electron chi connectivity index (χ3n) is 3.98. The van der Waals surface area contributed by atoms with Crippen molar-refractivity contribution in [2.45, 2.75) is 6.92 Å². The van der Waals surface area contributed by atoms with E-state index < -0.39 is 16.8 Å². The third-order valence-corrected chi connectivity index (χ3v) is 3.98. The van der Waals surface area contributed by atoms with Gasteiger partial charge in [0.25, 0.3) is 11.6 Å². The molecule has 3 aromatic carbocycles. The molecule has 150 valence electrons. The second kappa shape index (κ2) is 9.20. The van der Waals surface area contributed by atoms with Crippen molar-refractivity contribution in [2.24, 2.45) is 10.2 Å². The first-order valence-corrected chi connectivity index (χ1v) is 8.77. The topological polar surface area (TPSA) is 123 Å². The summed E-state index contributed by atoms with van der Waals surface area (Å²) in [7, 11) is 0. The highest BCUT2D eigenvalue weighted by atomic mass is 16.7. The molecule has 0 saturated heterocycles. The highest BCUT2D eigenvalue weighted by Gasteiger charge is 2.11. The molecule has 0 spiro atoms. The van der Waals surface area contributed by atoms with E-state index in [1.807, 2.05) is 19.1 Å². The van der Waals surface area contributed by atoms with Gasteiger partial charge in [-0.25, -0.2) is 10.3 Å². The zero-order chi connectivity index (χ0) is 21.5. The molecule has 1 N–H and O–H groups in total. The summed E-state index contributed by atoms with van der Waals surface area (Å²) in [6.45, 7) is 1.92. The number of nitrogens with one attached hydrogen (secondary N) is 1. The van der Waals surface area contributed by atoms with Crippen LogP contribution in [0.25, 0.3) is 0 Å². The van der Waals surface area contributed by atoms with Gasteiger partial charge in [0.15, 0.2) is 0 Å². The van der Waals surface area contributed by atoms with Crippen LogP contribution in [0.5, 0.6) is 0 Å². The predicted octanol–water partition coefficient (Wildman–Crippen LogP) is 5.01. The molecule has 30 heavy (non-hydrogen) atoms. The van der Waals surface area contributed by atoms with Crippen molar-refractivity contribution in [3.8, 4) is 0 Å². The van der Waals surface area contributed by atoms with Crippen molar-refractivity contribution in [2.75, 3.05) is 5.48 Å². The number of hydrogen-bond donors (Lipinski definition) is 1. The molecule has 0 aliphatic rings. The Hall–Kier alpha value is -4.40. The molecule has 0 unspecified atom stereocenters. The fourth-order valence-electron chi connectivity index (χ4n) is 2.36. The summed E-state index contributed by atoms with van der Waals surface area (Å²) >= 11 is 0. The Labute approximate surface area is 171 Å². The number of benzene rings is 3. The number of nitro benzene ring substituents is 1. The molecule has 0 radical (unpaired) electrons.